The van der Waals surface area contributed by atoms with Crippen LogP contribution >= 0.6 is 0 Å². The van der Waals surface area contributed by atoms with Crippen molar-refractivity contribution in [3.8, 4) is 0 Å². The molecule has 1 aromatic heterocycles. The van der Waals surface area contributed by atoms with Gasteiger partial charge >= 0.3 is 0 Å². The van der Waals surface area contributed by atoms with Gasteiger partial charge in [0.2, 0.25) is 5.89 Å². The molecule has 2 heterocycles. The van der Waals surface area contributed by atoms with Crippen LogP contribution in [0.1, 0.15) is 37.4 Å². The molecule has 1 N–H and O–H groups in total. The van der Waals surface area contributed by atoms with Crippen LogP contribution in [0.25, 0.3) is 0 Å². The Balaban J connectivity index is 1.58. The Kier molecular flexibility index (Phi) is 1.87. The van der Waals surface area contributed by atoms with Gasteiger partial charge in [-0.1, -0.05) is 5.16 Å². The van der Waals surface area contributed by atoms with E-state index in [2.05, 4.69) is 15.0 Å². The molecule has 0 amide bonds. The van der Waals surface area contributed by atoms with E-state index in [1.807, 2.05) is 6.92 Å². The van der Waals surface area contributed by atoms with Crippen LogP contribution in [-0.4, -0.2) is 38.8 Å². The Hall–Kier alpha value is -0.940. The molecule has 3 rings (SSSR count). The van der Waals surface area contributed by atoms with Crippen molar-refractivity contribution in [3.63, 3.8) is 0 Å². The van der Waals surface area contributed by atoms with Crippen LogP contribution in [0.4, 0.5) is 0 Å². The monoisotopic (exact) mass is 209 g/mol. The lowest BCUT2D eigenvalue weighted by atomic mass is 9.97. The minimum atomic E-state index is -0.528. The number of aliphatic hydroxyl groups is 1. The van der Waals surface area contributed by atoms with E-state index in [-0.39, 0.29) is 0 Å². The van der Waals surface area contributed by atoms with Gasteiger partial charge in [-0.05, 0) is 19.8 Å². The maximum absolute atomic E-state index is 9.56. The molecule has 0 radical (unpaired) electrons. The second-order valence-corrected chi connectivity index (χ2v) is 4.96. The van der Waals surface area contributed by atoms with E-state index in [0.29, 0.717) is 31.4 Å². The summed E-state index contributed by atoms with van der Waals surface area (Å²) < 4.78 is 5.16. The fourth-order valence-corrected chi connectivity index (χ4v) is 2.06. The van der Waals surface area contributed by atoms with Crippen LogP contribution in [0.15, 0.2) is 4.52 Å². The highest BCUT2D eigenvalue weighted by molar-refractivity contribution is 5.04. The molecule has 0 unspecified atom stereocenters. The summed E-state index contributed by atoms with van der Waals surface area (Å²) in [4.78, 5) is 6.44. The molecule has 0 bridgehead atoms. The zero-order valence-corrected chi connectivity index (χ0v) is 8.81. The normalized spacial score (nSPS) is 25.2. The molecule has 5 heteroatoms. The number of aromatic nitrogens is 2. The van der Waals surface area contributed by atoms with Gasteiger partial charge in [-0.15, -0.1) is 0 Å². The molecule has 1 saturated heterocycles. The number of hydrogen-bond acceptors (Lipinski definition) is 5. The van der Waals surface area contributed by atoms with E-state index in [1.54, 1.807) is 0 Å². The first-order valence-corrected chi connectivity index (χ1v) is 5.40. The topological polar surface area (TPSA) is 62.4 Å². The maximum atomic E-state index is 9.56. The molecule has 0 aromatic carbocycles. The molecule has 15 heavy (non-hydrogen) atoms. The number of likely N-dealkylation sites (tertiary alicyclic amines) is 1. The predicted octanol–water partition coefficient (Wildman–Crippen LogP) is 0.514. The average molecular weight is 209 g/mol. The van der Waals surface area contributed by atoms with Crippen molar-refractivity contribution >= 4 is 0 Å². The molecule has 1 saturated carbocycles. The van der Waals surface area contributed by atoms with E-state index in [0.717, 1.165) is 5.82 Å². The van der Waals surface area contributed by atoms with Crippen LogP contribution in [0.3, 0.4) is 0 Å². The fraction of sp³-hybridized carbons (Fsp3) is 0.800. The molecule has 1 aromatic rings. The number of rotatable bonds is 3. The lowest BCUT2D eigenvalue weighted by Crippen LogP contribution is -2.59. The molecule has 0 spiro atoms. The van der Waals surface area contributed by atoms with Gasteiger partial charge in [0.05, 0.1) is 12.1 Å². The highest BCUT2D eigenvalue weighted by Crippen LogP contribution is 2.38. The van der Waals surface area contributed by atoms with Crippen LogP contribution in [0, 0.1) is 0 Å². The van der Waals surface area contributed by atoms with Crippen LogP contribution in [0.5, 0.6) is 0 Å². The molecule has 82 valence electrons. The number of hydrogen-bond donors (Lipinski definition) is 1. The first-order chi connectivity index (χ1) is 7.12. The van der Waals surface area contributed by atoms with Gasteiger partial charge in [0.15, 0.2) is 5.82 Å². The van der Waals surface area contributed by atoms with E-state index in [1.165, 1.54) is 12.8 Å². The Morgan fingerprint density at radius 3 is 2.87 bits per heavy atom. The Bertz CT molecular complexity index is 362. The Morgan fingerprint density at radius 1 is 1.53 bits per heavy atom. The van der Waals surface area contributed by atoms with Crippen LogP contribution in [-0.2, 0) is 6.54 Å². The van der Waals surface area contributed by atoms with E-state index in [9.17, 15) is 5.11 Å². The molecule has 1 aliphatic carbocycles. The van der Waals surface area contributed by atoms with Crippen LogP contribution < -0.4 is 0 Å². The zero-order chi connectivity index (χ0) is 10.5. The molecular formula is C10H15N3O2. The molecule has 1 aliphatic heterocycles. The summed E-state index contributed by atoms with van der Waals surface area (Å²) in [5.74, 6) is 2.08. The smallest absolute Gasteiger partial charge is 0.240 e. The Labute approximate surface area is 88.1 Å². The van der Waals surface area contributed by atoms with E-state index >= 15 is 0 Å². The summed E-state index contributed by atoms with van der Waals surface area (Å²) in [6.07, 6.45) is 2.38. The largest absolute Gasteiger partial charge is 0.388 e. The summed E-state index contributed by atoms with van der Waals surface area (Å²) in [7, 11) is 0. The van der Waals surface area contributed by atoms with Gasteiger partial charge in [0, 0.05) is 19.0 Å². The first-order valence-electron chi connectivity index (χ1n) is 5.40. The van der Waals surface area contributed by atoms with Crippen molar-refractivity contribution in [2.45, 2.75) is 37.8 Å². The van der Waals surface area contributed by atoms with Crippen molar-refractivity contribution < 1.29 is 9.63 Å². The Morgan fingerprint density at radius 2 is 2.27 bits per heavy atom. The standard InChI is InChI=1S/C10H15N3O2/c1-10(14)5-13(6-10)4-8-11-9(12-15-8)7-2-3-7/h7,14H,2-6H2,1H3. The van der Waals surface area contributed by atoms with Gasteiger partial charge in [-0.25, -0.2) is 0 Å². The van der Waals surface area contributed by atoms with Crippen molar-refractivity contribution in [2.24, 2.45) is 0 Å². The SMILES string of the molecule is CC1(O)CN(Cc2nc(C3CC3)no2)C1. The van der Waals surface area contributed by atoms with Gasteiger partial charge < -0.3 is 9.63 Å². The third-order valence-corrected chi connectivity index (χ3v) is 2.91. The summed E-state index contributed by atoms with van der Waals surface area (Å²) in [5.41, 5.74) is -0.528. The molecule has 0 atom stereocenters. The molecule has 5 nitrogen and oxygen atoms in total. The van der Waals surface area contributed by atoms with Crippen molar-refractivity contribution in [3.05, 3.63) is 11.7 Å². The van der Waals surface area contributed by atoms with Gasteiger partial charge in [0.1, 0.15) is 0 Å². The second-order valence-electron chi connectivity index (χ2n) is 4.96. The summed E-state index contributed by atoms with van der Waals surface area (Å²) >= 11 is 0. The molecule has 2 fully saturated rings. The maximum Gasteiger partial charge on any atom is 0.240 e. The predicted molar refractivity (Wildman–Crippen MR) is 52.2 cm³/mol. The van der Waals surface area contributed by atoms with Gasteiger partial charge in [-0.2, -0.15) is 4.98 Å². The fourth-order valence-electron chi connectivity index (χ4n) is 2.06. The second kappa shape index (κ2) is 3.02. The van der Waals surface area contributed by atoms with Crippen LogP contribution in [0.2, 0.25) is 0 Å². The van der Waals surface area contributed by atoms with E-state index < -0.39 is 5.60 Å². The number of β-amino-alcohol motifs (C(OH)–C–C–N with tert-alkyl or cyclic N) is 1. The highest BCUT2D eigenvalue weighted by atomic mass is 16.5. The minimum absolute atomic E-state index is 0.528. The van der Waals surface area contributed by atoms with E-state index in [4.69, 9.17) is 4.52 Å². The lowest BCUT2D eigenvalue weighted by molar-refractivity contribution is -0.0901. The van der Waals surface area contributed by atoms with Crippen molar-refractivity contribution in [2.75, 3.05) is 13.1 Å². The zero-order valence-electron chi connectivity index (χ0n) is 8.81. The highest BCUT2D eigenvalue weighted by Gasteiger charge is 2.37. The lowest BCUT2D eigenvalue weighted by Gasteiger charge is -2.43. The number of nitrogens with zero attached hydrogens (tertiary/aromatic N) is 3. The minimum Gasteiger partial charge on any atom is -0.388 e. The molecule has 2 aliphatic rings. The van der Waals surface area contributed by atoms with Crippen molar-refractivity contribution in [1.29, 1.82) is 0 Å². The third kappa shape index (κ3) is 1.89. The third-order valence-electron chi connectivity index (χ3n) is 2.91. The summed E-state index contributed by atoms with van der Waals surface area (Å²) in [5, 5.41) is 13.5. The van der Waals surface area contributed by atoms with Crippen molar-refractivity contribution in [1.82, 2.24) is 15.0 Å². The molecular weight excluding hydrogens is 194 g/mol. The average Bonchev–Trinajstić information content (AvgIpc) is 2.85. The first kappa shape index (κ1) is 9.30. The summed E-state index contributed by atoms with van der Waals surface area (Å²) in [6.45, 7) is 3.88. The van der Waals surface area contributed by atoms with Gasteiger partial charge in [0.25, 0.3) is 0 Å². The quantitative estimate of drug-likeness (QED) is 0.786. The summed E-state index contributed by atoms with van der Waals surface area (Å²) in [6, 6.07) is 0. The van der Waals surface area contributed by atoms with Gasteiger partial charge in [-0.3, -0.25) is 4.90 Å².